The third-order valence-corrected chi connectivity index (χ3v) is 4.70. The smallest absolute Gasteiger partial charge is 0.0947 e. The van der Waals surface area contributed by atoms with E-state index in [-0.39, 0.29) is 6.10 Å². The zero-order valence-corrected chi connectivity index (χ0v) is 14.2. The lowest BCUT2D eigenvalue weighted by molar-refractivity contribution is 0.0615. The molecular formula is C19H23ClN2O. The Labute approximate surface area is 143 Å². The largest absolute Gasteiger partial charge is 0.375 e. The molecule has 1 heterocycles. The number of piperazine rings is 1. The van der Waals surface area contributed by atoms with Crippen LogP contribution in [-0.4, -0.2) is 44.7 Å². The van der Waals surface area contributed by atoms with E-state index in [1.807, 2.05) is 18.2 Å². The molecule has 0 radical (unpaired) electrons. The molecular weight excluding hydrogens is 308 g/mol. The highest BCUT2D eigenvalue weighted by atomic mass is 35.5. The van der Waals surface area contributed by atoms with E-state index in [4.69, 9.17) is 16.3 Å². The second kappa shape index (κ2) is 7.82. The van der Waals surface area contributed by atoms with E-state index in [9.17, 15) is 0 Å². The van der Waals surface area contributed by atoms with Gasteiger partial charge >= 0.3 is 0 Å². The fourth-order valence-corrected chi connectivity index (χ4v) is 3.18. The molecule has 1 atom stereocenters. The number of benzene rings is 2. The lowest BCUT2D eigenvalue weighted by Crippen LogP contribution is -2.47. The number of methoxy groups -OCH3 is 1. The van der Waals surface area contributed by atoms with Gasteiger partial charge in [-0.25, -0.2) is 0 Å². The van der Waals surface area contributed by atoms with Gasteiger partial charge in [0.1, 0.15) is 0 Å². The summed E-state index contributed by atoms with van der Waals surface area (Å²) < 4.78 is 5.69. The van der Waals surface area contributed by atoms with Gasteiger partial charge in [0.05, 0.1) is 6.10 Å². The van der Waals surface area contributed by atoms with Gasteiger partial charge in [0, 0.05) is 50.5 Å². The molecule has 3 nitrogen and oxygen atoms in total. The van der Waals surface area contributed by atoms with Crippen LogP contribution in [0.25, 0.3) is 0 Å². The van der Waals surface area contributed by atoms with Crippen LogP contribution in [0.3, 0.4) is 0 Å². The first kappa shape index (κ1) is 16.3. The van der Waals surface area contributed by atoms with Gasteiger partial charge in [-0.15, -0.1) is 0 Å². The van der Waals surface area contributed by atoms with Gasteiger partial charge in [-0.1, -0.05) is 41.9 Å². The molecule has 1 unspecified atom stereocenters. The minimum atomic E-state index is 0.137. The Morgan fingerprint density at radius 1 is 0.957 bits per heavy atom. The van der Waals surface area contributed by atoms with Gasteiger partial charge < -0.3 is 9.64 Å². The predicted molar refractivity (Wildman–Crippen MR) is 96.3 cm³/mol. The molecule has 1 saturated heterocycles. The van der Waals surface area contributed by atoms with Crippen molar-refractivity contribution in [3.05, 3.63) is 65.2 Å². The molecule has 1 aliphatic rings. The van der Waals surface area contributed by atoms with Crippen molar-refractivity contribution in [2.75, 3.05) is 44.7 Å². The highest BCUT2D eigenvalue weighted by Gasteiger charge is 2.21. The molecule has 0 spiro atoms. The van der Waals surface area contributed by atoms with Crippen molar-refractivity contribution in [3.8, 4) is 0 Å². The van der Waals surface area contributed by atoms with E-state index in [0.29, 0.717) is 0 Å². The van der Waals surface area contributed by atoms with Gasteiger partial charge in [-0.2, -0.15) is 0 Å². The lowest BCUT2D eigenvalue weighted by Gasteiger charge is -2.37. The van der Waals surface area contributed by atoms with Crippen LogP contribution >= 0.6 is 11.6 Å². The molecule has 2 aromatic rings. The monoisotopic (exact) mass is 330 g/mol. The average molecular weight is 331 g/mol. The Bertz CT molecular complexity index is 595. The van der Waals surface area contributed by atoms with Crippen molar-refractivity contribution in [3.63, 3.8) is 0 Å². The number of hydrogen-bond acceptors (Lipinski definition) is 3. The second-order valence-corrected chi connectivity index (χ2v) is 6.34. The Morgan fingerprint density at radius 3 is 2.22 bits per heavy atom. The quantitative estimate of drug-likeness (QED) is 0.828. The fourth-order valence-electron chi connectivity index (χ4n) is 3.06. The third kappa shape index (κ3) is 4.25. The van der Waals surface area contributed by atoms with Crippen LogP contribution in [0.1, 0.15) is 11.7 Å². The zero-order valence-electron chi connectivity index (χ0n) is 13.5. The van der Waals surface area contributed by atoms with Crippen molar-refractivity contribution in [2.45, 2.75) is 6.10 Å². The third-order valence-electron chi connectivity index (χ3n) is 4.44. The number of nitrogens with zero attached hydrogens (tertiary/aromatic N) is 2. The Kier molecular flexibility index (Phi) is 5.55. The molecule has 0 aliphatic carbocycles. The molecule has 2 aromatic carbocycles. The number of ether oxygens (including phenoxy) is 1. The molecule has 0 aromatic heterocycles. The van der Waals surface area contributed by atoms with Crippen LogP contribution in [-0.2, 0) is 4.74 Å². The van der Waals surface area contributed by atoms with Crippen molar-refractivity contribution in [2.24, 2.45) is 0 Å². The SMILES string of the molecule is COC(CN1CCN(c2ccc(Cl)cc2)CC1)c1ccccc1. The van der Waals surface area contributed by atoms with E-state index >= 15 is 0 Å². The summed E-state index contributed by atoms with van der Waals surface area (Å²) in [6.07, 6.45) is 0.137. The molecule has 1 aliphatic heterocycles. The van der Waals surface area contributed by atoms with E-state index in [0.717, 1.165) is 37.7 Å². The summed E-state index contributed by atoms with van der Waals surface area (Å²) in [6.45, 7) is 5.11. The van der Waals surface area contributed by atoms with Crippen molar-refractivity contribution in [1.29, 1.82) is 0 Å². The van der Waals surface area contributed by atoms with Gasteiger partial charge in [0.25, 0.3) is 0 Å². The number of halogens is 1. The van der Waals surface area contributed by atoms with Crippen LogP contribution in [0.4, 0.5) is 5.69 Å². The van der Waals surface area contributed by atoms with Crippen molar-refractivity contribution >= 4 is 17.3 Å². The lowest BCUT2D eigenvalue weighted by atomic mass is 10.1. The molecule has 0 saturated carbocycles. The highest BCUT2D eigenvalue weighted by molar-refractivity contribution is 6.30. The maximum absolute atomic E-state index is 5.96. The summed E-state index contributed by atoms with van der Waals surface area (Å²) in [7, 11) is 1.79. The molecule has 0 amide bonds. The molecule has 23 heavy (non-hydrogen) atoms. The van der Waals surface area contributed by atoms with E-state index in [1.165, 1.54) is 11.3 Å². The van der Waals surface area contributed by atoms with Gasteiger partial charge in [-0.3, -0.25) is 4.90 Å². The van der Waals surface area contributed by atoms with Crippen LogP contribution in [0.2, 0.25) is 5.02 Å². The van der Waals surface area contributed by atoms with Gasteiger partial charge in [0.2, 0.25) is 0 Å². The standard InChI is InChI=1S/C19H23ClN2O/c1-23-19(16-5-3-2-4-6-16)15-21-11-13-22(14-12-21)18-9-7-17(20)8-10-18/h2-10,19H,11-15H2,1H3. The molecule has 4 heteroatoms. The maximum Gasteiger partial charge on any atom is 0.0947 e. The summed E-state index contributed by atoms with van der Waals surface area (Å²) in [6, 6.07) is 18.6. The normalized spacial score (nSPS) is 17.2. The first-order valence-corrected chi connectivity index (χ1v) is 8.44. The Balaban J connectivity index is 1.55. The van der Waals surface area contributed by atoms with Crippen LogP contribution < -0.4 is 4.90 Å². The highest BCUT2D eigenvalue weighted by Crippen LogP contribution is 2.22. The molecule has 0 N–H and O–H groups in total. The fraction of sp³-hybridized carbons (Fsp3) is 0.368. The summed E-state index contributed by atoms with van der Waals surface area (Å²) in [5.74, 6) is 0. The Hall–Kier alpha value is -1.55. The van der Waals surface area contributed by atoms with Crippen molar-refractivity contribution in [1.82, 2.24) is 4.90 Å². The summed E-state index contributed by atoms with van der Waals surface area (Å²) >= 11 is 5.96. The van der Waals surface area contributed by atoms with E-state index in [2.05, 4.69) is 46.2 Å². The first-order valence-electron chi connectivity index (χ1n) is 8.07. The van der Waals surface area contributed by atoms with Gasteiger partial charge in [0.15, 0.2) is 0 Å². The summed E-state index contributed by atoms with van der Waals surface area (Å²) in [5, 5.41) is 0.790. The van der Waals surface area contributed by atoms with E-state index < -0.39 is 0 Å². The molecule has 1 fully saturated rings. The second-order valence-electron chi connectivity index (χ2n) is 5.90. The summed E-state index contributed by atoms with van der Waals surface area (Å²) in [4.78, 5) is 4.89. The number of anilines is 1. The van der Waals surface area contributed by atoms with Crippen LogP contribution in [0, 0.1) is 0 Å². The molecule has 3 rings (SSSR count). The number of rotatable bonds is 5. The van der Waals surface area contributed by atoms with Gasteiger partial charge in [-0.05, 0) is 29.8 Å². The van der Waals surface area contributed by atoms with Crippen LogP contribution in [0.15, 0.2) is 54.6 Å². The summed E-state index contributed by atoms with van der Waals surface area (Å²) in [5.41, 5.74) is 2.50. The molecule has 0 bridgehead atoms. The maximum atomic E-state index is 5.96. The van der Waals surface area contributed by atoms with E-state index in [1.54, 1.807) is 7.11 Å². The number of hydrogen-bond donors (Lipinski definition) is 0. The predicted octanol–water partition coefficient (Wildman–Crippen LogP) is 3.85. The average Bonchev–Trinajstić information content (AvgIpc) is 2.62. The molecule has 122 valence electrons. The minimum absolute atomic E-state index is 0.137. The van der Waals surface area contributed by atoms with Crippen LogP contribution in [0.5, 0.6) is 0 Å². The minimum Gasteiger partial charge on any atom is -0.375 e. The first-order chi connectivity index (χ1) is 11.3. The van der Waals surface area contributed by atoms with Crippen molar-refractivity contribution < 1.29 is 4.74 Å². The topological polar surface area (TPSA) is 15.7 Å². The zero-order chi connectivity index (χ0) is 16.1. The Morgan fingerprint density at radius 2 is 1.61 bits per heavy atom.